The molecule has 0 saturated carbocycles. The second-order valence-corrected chi connectivity index (χ2v) is 26.1. The van der Waals surface area contributed by atoms with E-state index in [1.165, 1.54) is 37.4 Å². The summed E-state index contributed by atoms with van der Waals surface area (Å²) in [5.74, 6) is 0.689. The summed E-state index contributed by atoms with van der Waals surface area (Å²) in [7, 11) is 0. The largest absolute Gasteiger partial charge is 0.304 e. The van der Waals surface area contributed by atoms with Crippen LogP contribution in [0.3, 0.4) is 0 Å². The molecule has 0 fully saturated rings. The molecule has 20 aromatic rings. The fourth-order valence-corrected chi connectivity index (χ4v) is 11.3. The predicted octanol–water partition coefficient (Wildman–Crippen LogP) is 23.4. The van der Waals surface area contributed by atoms with E-state index in [0.29, 0.717) is 5.82 Å². The van der Waals surface area contributed by atoms with Crippen LogP contribution in [0.15, 0.2) is 415 Å². The second kappa shape index (κ2) is 53.9. The monoisotopic (exact) mass is 2380 g/mol. The molecule has 4 radical (unpaired) electrons. The molecule has 0 aliphatic rings. The summed E-state index contributed by atoms with van der Waals surface area (Å²) in [5, 5.41) is 0. The molecule has 0 unspecified atom stereocenters. The molecule has 12 heterocycles. The minimum absolute atomic E-state index is 0. The molecule has 16 nitrogen and oxygen atoms in total. The standard InChI is InChI=1S/4C15H10N3.4C12H10N.4Ir/c1-2-5-12(6-3-1)14-8-7-13(11-18-14)15-16-9-4-10-17-15;1-2-4-12(5-3-1)15-7-6-13(10-18-15)14-8-16-11-17-9-14;1-2-4-12(5-3-1)14-7-6-13(10-18-14)15-11-16-8-9-17-15;1-2-4-12(5-3-1)14-7-6-13(10-17-14)15-8-9-16-11-18-15;4*1-10-7-8-12(13-9-10)11-5-3-2-4-6-11;;;;/h1-5,7-11H;3*1-4,6-11H;4*2-5,7-9H,1H3;;;;/q8*-1;;;;/i;;;;4*1D3;;;;. The maximum atomic E-state index is 7.23. The Kier molecular flexibility index (Phi) is 34.1. The van der Waals surface area contributed by atoms with Gasteiger partial charge < -0.3 is 39.9 Å². The Bertz CT molecular complexity index is 5810. The first-order valence-electron chi connectivity index (χ1n) is 44.5. The molecule has 0 bridgehead atoms. The molecule has 0 saturated heterocycles. The van der Waals surface area contributed by atoms with Crippen LogP contribution in [0.4, 0.5) is 0 Å². The van der Waals surface area contributed by atoms with Crippen LogP contribution in [0.5, 0.6) is 0 Å². The van der Waals surface area contributed by atoms with Gasteiger partial charge in [0.2, 0.25) is 0 Å². The number of aromatic nitrogens is 16. The normalized spacial score (nSPS) is 11.6. The zero-order chi connectivity index (χ0) is 95.2. The van der Waals surface area contributed by atoms with E-state index in [-0.39, 0.29) is 103 Å². The summed E-state index contributed by atoms with van der Waals surface area (Å²) in [4.78, 5) is 67.0. The van der Waals surface area contributed by atoms with E-state index in [2.05, 4.69) is 128 Å². The van der Waals surface area contributed by atoms with Crippen molar-refractivity contribution in [2.24, 2.45) is 0 Å². The first-order chi connectivity index (χ1) is 66.0. The smallest absolute Gasteiger partial charge is 0.160 e. The first-order valence-corrected chi connectivity index (χ1v) is 38.5. The van der Waals surface area contributed by atoms with E-state index >= 15 is 0 Å². The molecule has 0 aliphatic carbocycles. The average Bonchev–Trinajstić information content (AvgIpc) is 0.828. The van der Waals surface area contributed by atoms with Crippen LogP contribution in [0.2, 0.25) is 0 Å². The van der Waals surface area contributed by atoms with Gasteiger partial charge in [0.25, 0.3) is 0 Å². The van der Waals surface area contributed by atoms with Gasteiger partial charge in [-0.2, -0.15) is 0 Å². The number of rotatable bonds is 12. The van der Waals surface area contributed by atoms with Gasteiger partial charge >= 0.3 is 0 Å². The van der Waals surface area contributed by atoms with Crippen LogP contribution in [0, 0.1) is 75.9 Å². The van der Waals surface area contributed by atoms with Crippen molar-refractivity contribution >= 4 is 0 Å². The molecule has 0 N–H and O–H groups in total. The van der Waals surface area contributed by atoms with Crippen molar-refractivity contribution in [1.29, 1.82) is 0 Å². The topological polar surface area (TPSA) is 206 Å². The number of hydrogen-bond acceptors (Lipinski definition) is 16. The van der Waals surface area contributed by atoms with Crippen molar-refractivity contribution in [2.45, 2.75) is 27.4 Å². The molecule has 0 atom stereocenters. The van der Waals surface area contributed by atoms with Gasteiger partial charge in [-0.05, 0) is 107 Å². The fraction of sp³-hybridized carbons (Fsp3) is 0.0370. The summed E-state index contributed by atoms with van der Waals surface area (Å²) in [6.07, 6.45) is 29.6. The minimum atomic E-state index is -2.09. The van der Waals surface area contributed by atoms with E-state index in [1.807, 2.05) is 237 Å². The van der Waals surface area contributed by atoms with Gasteiger partial charge in [0.15, 0.2) is 5.82 Å². The number of benzene rings is 8. The summed E-state index contributed by atoms with van der Waals surface area (Å²) in [6.45, 7) is -8.37. The van der Waals surface area contributed by atoms with Gasteiger partial charge in [-0.1, -0.05) is 97.1 Å². The Morgan fingerprint density at radius 1 is 0.180 bits per heavy atom. The quantitative estimate of drug-likeness (QED) is 0.104. The number of pyridine rings is 8. The van der Waals surface area contributed by atoms with E-state index in [4.69, 9.17) is 16.4 Å². The van der Waals surface area contributed by atoms with Gasteiger partial charge in [0.1, 0.15) is 12.7 Å². The molecule has 8 aromatic carbocycles. The zero-order valence-corrected chi connectivity index (χ0v) is 77.3. The van der Waals surface area contributed by atoms with Gasteiger partial charge in [-0.3, -0.25) is 9.97 Å². The molecule has 12 aromatic heterocycles. The maximum absolute atomic E-state index is 7.23. The van der Waals surface area contributed by atoms with Crippen molar-refractivity contribution in [1.82, 2.24) is 79.7 Å². The first kappa shape index (κ1) is 81.0. The second-order valence-electron chi connectivity index (χ2n) is 26.1. The third-order valence-electron chi connectivity index (χ3n) is 17.4. The van der Waals surface area contributed by atoms with Gasteiger partial charge in [0.05, 0.1) is 17.6 Å². The Morgan fingerprint density at radius 3 is 0.727 bits per heavy atom. The van der Waals surface area contributed by atoms with Gasteiger partial charge in [0, 0.05) is 218 Å². The van der Waals surface area contributed by atoms with Crippen molar-refractivity contribution in [3.63, 3.8) is 0 Å². The Hall–Kier alpha value is -14.1. The van der Waals surface area contributed by atoms with E-state index in [0.717, 1.165) is 129 Å². The molecule has 636 valence electrons. The van der Waals surface area contributed by atoms with Crippen LogP contribution in [-0.4, -0.2) is 79.7 Å². The van der Waals surface area contributed by atoms with Crippen molar-refractivity contribution in [3.05, 3.63) is 486 Å². The molecule has 0 aliphatic heterocycles. The molecule has 128 heavy (non-hydrogen) atoms. The Balaban J connectivity index is 0.000000178. The number of nitrogens with zero attached hydrogens (tertiary/aromatic N) is 16. The van der Waals surface area contributed by atoms with Gasteiger partial charge in [-0.15, -0.1) is 287 Å². The Labute approximate surface area is 818 Å². The van der Waals surface area contributed by atoms with E-state index in [1.54, 1.807) is 141 Å². The fourth-order valence-electron chi connectivity index (χ4n) is 11.3. The maximum Gasteiger partial charge on any atom is 0.160 e. The minimum Gasteiger partial charge on any atom is -0.304 e. The van der Waals surface area contributed by atoms with Crippen LogP contribution in [0.1, 0.15) is 38.7 Å². The molecule has 0 spiro atoms. The van der Waals surface area contributed by atoms with Gasteiger partial charge in [-0.25, -0.2) is 29.9 Å². The van der Waals surface area contributed by atoms with Crippen molar-refractivity contribution in [3.8, 4) is 135 Å². The summed E-state index contributed by atoms with van der Waals surface area (Å²) >= 11 is 0. The molecular weight excluding hydrogens is 2290 g/mol. The molecular formula is C108H80Ir4N16-8. The van der Waals surface area contributed by atoms with Crippen LogP contribution in [0.25, 0.3) is 135 Å². The molecule has 0 amide bonds. The summed E-state index contributed by atoms with van der Waals surface area (Å²) in [5.41, 5.74) is 21.5. The predicted molar refractivity (Wildman–Crippen MR) is 491 cm³/mol. The SMILES string of the molecule is [2H]C([2H])([2H])c1ccc(-c2[c-]cccc2)nc1.[2H]C([2H])([2H])c1ccc(-c2[c-]cccc2)nc1.[2H]C([2H])([2H])c1ccc(-c2[c-]cccc2)nc1.[2H]C([2H])([2H])c1ccc(-c2[c-]cccc2)nc1.[Ir].[Ir].[Ir].[Ir].[c-]1ccccc1-c1ccc(-c2ccncn2)cn1.[c-]1ccccc1-c1ccc(-c2cnccn2)cn1.[c-]1ccccc1-c1ccc(-c2cncnc2)cn1.[c-]1ccccc1-c1ccc(-c2ncccn2)cn1. The molecule has 20 heteroatoms. The Morgan fingerprint density at radius 2 is 0.477 bits per heavy atom. The summed E-state index contributed by atoms with van der Waals surface area (Å²) in [6, 6.07) is 118. The van der Waals surface area contributed by atoms with E-state index in [9.17, 15) is 0 Å². The average molecular weight is 2380 g/mol. The van der Waals surface area contributed by atoms with E-state index < -0.39 is 27.4 Å². The van der Waals surface area contributed by atoms with Crippen LogP contribution < -0.4 is 0 Å². The number of aryl methyl sites for hydroxylation is 4. The van der Waals surface area contributed by atoms with Crippen molar-refractivity contribution in [2.75, 3.05) is 0 Å². The van der Waals surface area contributed by atoms with Crippen LogP contribution in [-0.2, 0) is 80.4 Å². The molecule has 20 rings (SSSR count). The third-order valence-corrected chi connectivity index (χ3v) is 17.4. The third kappa shape index (κ3) is 31.2. The van der Waals surface area contributed by atoms with Crippen LogP contribution >= 0.6 is 0 Å². The van der Waals surface area contributed by atoms with Crippen molar-refractivity contribution < 1.29 is 96.9 Å². The summed E-state index contributed by atoms with van der Waals surface area (Å²) < 4.78 is 86.8. The zero-order valence-electron chi connectivity index (χ0n) is 79.7. The number of hydrogen-bond donors (Lipinski definition) is 0.